The Hall–Kier alpha value is -2.60. The lowest BCUT2D eigenvalue weighted by molar-refractivity contribution is -0.121. The van der Waals surface area contributed by atoms with Crippen LogP contribution in [0, 0.1) is 10.8 Å². The molecule has 1 aromatic rings. The number of rotatable bonds is 4. The maximum Gasteiger partial charge on any atom is 0.255 e. The van der Waals surface area contributed by atoms with Crippen molar-refractivity contribution >= 4 is 29.1 Å². The van der Waals surface area contributed by atoms with Gasteiger partial charge in [0.05, 0.1) is 5.92 Å². The number of carbonyl (C=O) groups excluding carboxylic acids is 3. The lowest BCUT2D eigenvalue weighted by Crippen LogP contribution is -2.37. The van der Waals surface area contributed by atoms with E-state index in [1.807, 2.05) is 27.7 Å². The van der Waals surface area contributed by atoms with Crippen LogP contribution in [0.15, 0.2) is 40.9 Å². The second-order valence-electron chi connectivity index (χ2n) is 10.5. The Bertz CT molecular complexity index is 1040. The average Bonchev–Trinajstić information content (AvgIpc) is 2.63. The van der Waals surface area contributed by atoms with Crippen LogP contribution in [-0.4, -0.2) is 24.1 Å². The van der Waals surface area contributed by atoms with Gasteiger partial charge in [-0.15, -0.1) is 0 Å². The zero-order valence-corrected chi connectivity index (χ0v) is 19.6. The van der Waals surface area contributed by atoms with E-state index in [1.165, 1.54) is 0 Å². The fourth-order valence-corrected chi connectivity index (χ4v) is 5.19. The van der Waals surface area contributed by atoms with Crippen LogP contribution in [0.3, 0.4) is 0 Å². The highest BCUT2D eigenvalue weighted by Gasteiger charge is 2.48. The molecule has 2 N–H and O–H groups in total. The van der Waals surface area contributed by atoms with E-state index in [4.69, 9.17) is 26.8 Å². The normalized spacial score (nSPS) is 22.3. The predicted octanol–water partition coefficient (Wildman–Crippen LogP) is 4.60. The Kier molecular flexibility index (Phi) is 5.48. The molecule has 6 nitrogen and oxygen atoms in total. The van der Waals surface area contributed by atoms with Gasteiger partial charge in [-0.25, -0.2) is 0 Å². The molecule has 0 saturated carbocycles. The number of ketones is 2. The van der Waals surface area contributed by atoms with Crippen LogP contribution in [0.4, 0.5) is 0 Å². The molecule has 2 aliphatic carbocycles. The SMILES string of the molecule is CC1(C)CC(=O)C2=C(C1)OC1=C(C(=O)CC(C)(C)C1)C2c1cc(Cl)ccc1OCC(N)=O. The standard InChI is InChI=1S/C25H28ClNO5/c1-24(2)8-15(28)22-18(10-24)32-19-11-25(3,4)9-16(29)23(19)21(22)14-7-13(26)5-6-17(14)31-12-20(27)30/h5-7,21H,8-12H2,1-4H3,(H2,27,30). The number of benzene rings is 1. The van der Waals surface area contributed by atoms with Gasteiger partial charge in [0, 0.05) is 47.4 Å². The molecular weight excluding hydrogens is 430 g/mol. The minimum Gasteiger partial charge on any atom is -0.483 e. The molecule has 4 rings (SSSR count). The first-order chi connectivity index (χ1) is 14.9. The number of nitrogens with two attached hydrogens (primary N) is 1. The van der Waals surface area contributed by atoms with Crippen molar-refractivity contribution in [3.63, 3.8) is 0 Å². The zero-order valence-electron chi connectivity index (χ0n) is 18.8. The third kappa shape index (κ3) is 4.20. The monoisotopic (exact) mass is 457 g/mol. The fraction of sp³-hybridized carbons (Fsp3) is 0.480. The smallest absolute Gasteiger partial charge is 0.255 e. The zero-order chi connectivity index (χ0) is 23.4. The highest BCUT2D eigenvalue weighted by Crippen LogP contribution is 2.54. The highest BCUT2D eigenvalue weighted by molar-refractivity contribution is 6.30. The van der Waals surface area contributed by atoms with Gasteiger partial charge in [-0.05, 0) is 29.0 Å². The molecule has 32 heavy (non-hydrogen) atoms. The minimum absolute atomic E-state index is 0.0498. The summed E-state index contributed by atoms with van der Waals surface area (Å²) < 4.78 is 12.0. The van der Waals surface area contributed by atoms with Gasteiger partial charge in [-0.3, -0.25) is 14.4 Å². The Balaban J connectivity index is 1.93. The number of hydrogen-bond acceptors (Lipinski definition) is 5. The Morgan fingerprint density at radius 3 is 2.06 bits per heavy atom. The highest BCUT2D eigenvalue weighted by atomic mass is 35.5. The van der Waals surface area contributed by atoms with E-state index < -0.39 is 11.8 Å². The van der Waals surface area contributed by atoms with Crippen molar-refractivity contribution in [3.8, 4) is 5.75 Å². The molecule has 1 aliphatic heterocycles. The predicted molar refractivity (Wildman–Crippen MR) is 120 cm³/mol. The van der Waals surface area contributed by atoms with E-state index in [9.17, 15) is 14.4 Å². The van der Waals surface area contributed by atoms with Crippen LogP contribution in [0.1, 0.15) is 64.9 Å². The number of allylic oxidation sites excluding steroid dienone is 4. The number of hydrogen-bond donors (Lipinski definition) is 1. The van der Waals surface area contributed by atoms with E-state index in [1.54, 1.807) is 18.2 Å². The molecule has 170 valence electrons. The van der Waals surface area contributed by atoms with Gasteiger partial charge in [-0.2, -0.15) is 0 Å². The molecule has 0 atom stereocenters. The molecule has 0 unspecified atom stereocenters. The van der Waals surface area contributed by atoms with Gasteiger partial charge in [-0.1, -0.05) is 39.3 Å². The molecular formula is C25H28ClNO5. The summed E-state index contributed by atoms with van der Waals surface area (Å²) in [5.41, 5.74) is 6.34. The Labute approximate surface area is 192 Å². The van der Waals surface area contributed by atoms with Crippen LogP contribution in [-0.2, 0) is 19.1 Å². The van der Waals surface area contributed by atoms with E-state index in [0.717, 1.165) is 0 Å². The molecule has 0 radical (unpaired) electrons. The van der Waals surface area contributed by atoms with E-state index >= 15 is 0 Å². The minimum atomic E-state index is -0.650. The summed E-state index contributed by atoms with van der Waals surface area (Å²) >= 11 is 6.33. The van der Waals surface area contributed by atoms with Crippen LogP contribution >= 0.6 is 11.6 Å². The first kappa shape index (κ1) is 22.6. The van der Waals surface area contributed by atoms with Crippen LogP contribution in [0.2, 0.25) is 5.02 Å². The summed E-state index contributed by atoms with van der Waals surface area (Å²) in [5, 5.41) is 0.439. The van der Waals surface area contributed by atoms with Crippen LogP contribution in [0.5, 0.6) is 5.75 Å². The van der Waals surface area contributed by atoms with Crippen molar-refractivity contribution in [1.29, 1.82) is 0 Å². The lowest BCUT2D eigenvalue weighted by atomic mass is 9.65. The number of primary amides is 1. The molecule has 3 aliphatic rings. The number of carbonyl (C=O) groups is 3. The molecule has 0 aromatic heterocycles. The lowest BCUT2D eigenvalue weighted by Gasteiger charge is -2.43. The van der Waals surface area contributed by atoms with E-state index in [2.05, 4.69) is 0 Å². The third-order valence-corrected chi connectivity index (χ3v) is 6.47. The molecule has 1 heterocycles. The number of ether oxygens (including phenoxy) is 2. The van der Waals surface area contributed by atoms with Crippen molar-refractivity contribution in [2.24, 2.45) is 16.6 Å². The molecule has 1 amide bonds. The molecule has 0 bridgehead atoms. The van der Waals surface area contributed by atoms with Crippen LogP contribution in [0.25, 0.3) is 0 Å². The van der Waals surface area contributed by atoms with Crippen LogP contribution < -0.4 is 10.5 Å². The van der Waals surface area contributed by atoms with Crippen molar-refractivity contribution < 1.29 is 23.9 Å². The summed E-state index contributed by atoms with van der Waals surface area (Å²) in [5.74, 6) is 0.223. The van der Waals surface area contributed by atoms with E-state index in [-0.39, 0.29) is 29.0 Å². The van der Waals surface area contributed by atoms with Crippen molar-refractivity contribution in [2.45, 2.75) is 59.3 Å². The number of halogens is 1. The average molecular weight is 458 g/mol. The fourth-order valence-electron chi connectivity index (χ4n) is 5.01. The van der Waals surface area contributed by atoms with Gasteiger partial charge >= 0.3 is 0 Å². The summed E-state index contributed by atoms with van der Waals surface area (Å²) in [6, 6.07) is 4.98. The summed E-state index contributed by atoms with van der Waals surface area (Å²) in [6.07, 6.45) is 1.89. The quantitative estimate of drug-likeness (QED) is 0.712. The van der Waals surface area contributed by atoms with Gasteiger partial charge in [0.25, 0.3) is 5.91 Å². The van der Waals surface area contributed by atoms with Gasteiger partial charge in [0.1, 0.15) is 17.3 Å². The van der Waals surface area contributed by atoms with Crippen molar-refractivity contribution in [3.05, 3.63) is 51.4 Å². The van der Waals surface area contributed by atoms with Gasteiger partial charge in [0.2, 0.25) is 0 Å². The number of Topliss-reactive ketones (excluding diaryl/α,β-unsaturated/α-hetero) is 2. The second kappa shape index (κ2) is 7.77. The first-order valence-corrected chi connectivity index (χ1v) is 11.2. The second-order valence-corrected chi connectivity index (χ2v) is 11.0. The summed E-state index contributed by atoms with van der Waals surface area (Å²) in [4.78, 5) is 38.1. The number of amides is 1. The Morgan fingerprint density at radius 1 is 1.03 bits per heavy atom. The summed E-state index contributed by atoms with van der Waals surface area (Å²) in [6.45, 7) is 7.82. The maximum atomic E-state index is 13.4. The molecule has 7 heteroatoms. The molecule has 0 fully saturated rings. The van der Waals surface area contributed by atoms with Gasteiger partial charge < -0.3 is 15.2 Å². The van der Waals surface area contributed by atoms with Gasteiger partial charge in [0.15, 0.2) is 18.2 Å². The summed E-state index contributed by atoms with van der Waals surface area (Å²) in [7, 11) is 0. The molecule has 0 spiro atoms. The van der Waals surface area contributed by atoms with E-state index in [0.29, 0.717) is 64.7 Å². The van der Waals surface area contributed by atoms with Crippen molar-refractivity contribution in [1.82, 2.24) is 0 Å². The first-order valence-electron chi connectivity index (χ1n) is 10.8. The van der Waals surface area contributed by atoms with Crippen molar-refractivity contribution in [2.75, 3.05) is 6.61 Å². The maximum absolute atomic E-state index is 13.4. The Morgan fingerprint density at radius 2 is 1.56 bits per heavy atom. The molecule has 1 aromatic carbocycles. The molecule has 0 saturated heterocycles. The largest absolute Gasteiger partial charge is 0.483 e. The topological polar surface area (TPSA) is 95.7 Å². The third-order valence-electron chi connectivity index (χ3n) is 6.23.